The van der Waals surface area contributed by atoms with Crippen LogP contribution in [-0.4, -0.2) is 36.0 Å². The van der Waals surface area contributed by atoms with Crippen molar-refractivity contribution in [2.75, 3.05) is 24.0 Å². The van der Waals surface area contributed by atoms with Crippen molar-refractivity contribution < 1.29 is 9.90 Å². The molecule has 0 aromatic heterocycles. The van der Waals surface area contributed by atoms with Gasteiger partial charge in [-0.15, -0.1) is 0 Å². The molecule has 0 aliphatic rings. The summed E-state index contributed by atoms with van der Waals surface area (Å²) in [6.45, 7) is 3.62. The Bertz CT molecular complexity index is 420. The van der Waals surface area contributed by atoms with Crippen molar-refractivity contribution in [2.24, 2.45) is 0 Å². The molecule has 0 aliphatic carbocycles. The lowest BCUT2D eigenvalue weighted by atomic mass is 10.1. The number of phenols is 1. The number of hydrogen-bond donors (Lipinski definition) is 1. The van der Waals surface area contributed by atoms with Crippen molar-refractivity contribution >= 4 is 23.2 Å². The second kappa shape index (κ2) is 6.69. The zero-order chi connectivity index (χ0) is 13.7. The molecule has 0 saturated heterocycles. The molecule has 3 nitrogen and oxygen atoms in total. The zero-order valence-electron chi connectivity index (χ0n) is 11.4. The van der Waals surface area contributed by atoms with E-state index in [1.165, 1.54) is 6.92 Å². The Morgan fingerprint density at radius 1 is 1.50 bits per heavy atom. The lowest BCUT2D eigenvalue weighted by molar-refractivity contribution is 0.101. The van der Waals surface area contributed by atoms with Crippen LogP contribution in [0.1, 0.15) is 30.6 Å². The van der Waals surface area contributed by atoms with E-state index in [0.717, 1.165) is 17.9 Å². The number of anilines is 1. The van der Waals surface area contributed by atoms with Gasteiger partial charge in [-0.1, -0.05) is 0 Å². The Morgan fingerprint density at radius 2 is 2.17 bits per heavy atom. The molecular weight excluding hydrogens is 246 g/mol. The lowest BCUT2D eigenvalue weighted by Gasteiger charge is -2.27. The Morgan fingerprint density at radius 3 is 2.67 bits per heavy atom. The van der Waals surface area contributed by atoms with Gasteiger partial charge in [-0.25, -0.2) is 0 Å². The van der Waals surface area contributed by atoms with E-state index in [-0.39, 0.29) is 11.5 Å². The summed E-state index contributed by atoms with van der Waals surface area (Å²) in [6.07, 6.45) is 3.19. The van der Waals surface area contributed by atoms with Gasteiger partial charge in [0.25, 0.3) is 0 Å². The molecule has 1 rings (SSSR count). The molecule has 18 heavy (non-hydrogen) atoms. The van der Waals surface area contributed by atoms with Gasteiger partial charge >= 0.3 is 0 Å². The topological polar surface area (TPSA) is 40.5 Å². The number of rotatable bonds is 6. The summed E-state index contributed by atoms with van der Waals surface area (Å²) in [7, 11) is 2.01. The normalized spacial score (nSPS) is 12.2. The van der Waals surface area contributed by atoms with Crippen LogP contribution in [0.4, 0.5) is 5.69 Å². The van der Waals surface area contributed by atoms with Gasteiger partial charge in [0.15, 0.2) is 5.78 Å². The van der Waals surface area contributed by atoms with E-state index < -0.39 is 0 Å². The summed E-state index contributed by atoms with van der Waals surface area (Å²) in [6, 6.07) is 5.63. The van der Waals surface area contributed by atoms with Crippen LogP contribution in [0.5, 0.6) is 5.75 Å². The molecule has 1 N–H and O–H groups in total. The summed E-state index contributed by atoms with van der Waals surface area (Å²) >= 11 is 1.83. The predicted molar refractivity (Wildman–Crippen MR) is 79.0 cm³/mol. The molecule has 0 spiro atoms. The molecule has 1 unspecified atom stereocenters. The van der Waals surface area contributed by atoms with Gasteiger partial charge in [-0.3, -0.25) is 4.79 Å². The number of hydrogen-bond acceptors (Lipinski definition) is 4. The summed E-state index contributed by atoms with van der Waals surface area (Å²) in [5.74, 6) is 1.06. The fraction of sp³-hybridized carbons (Fsp3) is 0.500. The largest absolute Gasteiger partial charge is 0.507 e. The zero-order valence-corrected chi connectivity index (χ0v) is 12.3. The highest BCUT2D eigenvalue weighted by Gasteiger charge is 2.13. The van der Waals surface area contributed by atoms with Crippen LogP contribution in [0.25, 0.3) is 0 Å². The van der Waals surface area contributed by atoms with Crippen LogP contribution in [0.2, 0.25) is 0 Å². The van der Waals surface area contributed by atoms with E-state index in [1.54, 1.807) is 12.1 Å². The summed E-state index contributed by atoms with van der Waals surface area (Å²) in [5, 5.41) is 9.82. The molecule has 4 heteroatoms. The summed E-state index contributed by atoms with van der Waals surface area (Å²) in [5.41, 5.74) is 1.31. The van der Waals surface area contributed by atoms with Crippen molar-refractivity contribution in [3.63, 3.8) is 0 Å². The second-order valence-corrected chi connectivity index (χ2v) is 5.48. The number of phenolic OH excluding ortho intramolecular Hbond substituents is 1. The van der Waals surface area contributed by atoms with Crippen LogP contribution >= 0.6 is 11.8 Å². The van der Waals surface area contributed by atoms with Gasteiger partial charge in [-0.2, -0.15) is 11.8 Å². The number of carbonyl (C=O) groups is 1. The first kappa shape index (κ1) is 14.9. The first-order valence-electron chi connectivity index (χ1n) is 6.03. The molecule has 100 valence electrons. The highest BCUT2D eigenvalue weighted by atomic mass is 32.2. The molecule has 0 aliphatic heterocycles. The highest BCUT2D eigenvalue weighted by molar-refractivity contribution is 7.98. The molecule has 0 heterocycles. The number of thioether (sulfide) groups is 1. The van der Waals surface area contributed by atoms with E-state index in [2.05, 4.69) is 18.1 Å². The summed E-state index contributed by atoms with van der Waals surface area (Å²) < 4.78 is 0. The number of carbonyl (C=O) groups excluding carboxylic acids is 1. The Balaban J connectivity index is 2.83. The van der Waals surface area contributed by atoms with Gasteiger partial charge < -0.3 is 10.0 Å². The van der Waals surface area contributed by atoms with Gasteiger partial charge in [0.05, 0.1) is 5.56 Å². The first-order chi connectivity index (χ1) is 8.47. The number of benzene rings is 1. The third-order valence-corrected chi connectivity index (χ3v) is 3.81. The average Bonchev–Trinajstić information content (AvgIpc) is 2.34. The molecule has 0 fully saturated rings. The minimum absolute atomic E-state index is 0.0592. The fourth-order valence-corrected chi connectivity index (χ4v) is 2.35. The van der Waals surface area contributed by atoms with Crippen molar-refractivity contribution in [1.29, 1.82) is 0 Å². The van der Waals surface area contributed by atoms with Gasteiger partial charge in [0, 0.05) is 24.8 Å². The van der Waals surface area contributed by atoms with E-state index in [1.807, 2.05) is 24.9 Å². The fourth-order valence-electron chi connectivity index (χ4n) is 1.77. The maximum Gasteiger partial charge on any atom is 0.163 e. The van der Waals surface area contributed by atoms with Gasteiger partial charge in [-0.05, 0) is 44.4 Å². The van der Waals surface area contributed by atoms with Crippen molar-refractivity contribution in [1.82, 2.24) is 0 Å². The van der Waals surface area contributed by atoms with E-state index in [9.17, 15) is 9.90 Å². The van der Waals surface area contributed by atoms with Gasteiger partial charge in [0.2, 0.25) is 0 Å². The minimum atomic E-state index is -0.114. The maximum absolute atomic E-state index is 11.2. The van der Waals surface area contributed by atoms with E-state index >= 15 is 0 Å². The van der Waals surface area contributed by atoms with Gasteiger partial charge in [0.1, 0.15) is 5.75 Å². The smallest absolute Gasteiger partial charge is 0.163 e. The molecule has 0 radical (unpaired) electrons. The van der Waals surface area contributed by atoms with Crippen LogP contribution in [0, 0.1) is 0 Å². The van der Waals surface area contributed by atoms with Crippen molar-refractivity contribution in [3.05, 3.63) is 23.8 Å². The molecule has 1 aromatic rings. The number of nitrogens with zero attached hydrogens (tertiary/aromatic N) is 1. The maximum atomic E-state index is 11.2. The lowest BCUT2D eigenvalue weighted by Crippen LogP contribution is -2.29. The predicted octanol–water partition coefficient (Wildman–Crippen LogP) is 3.17. The molecular formula is C14H21NO2S. The third-order valence-electron chi connectivity index (χ3n) is 3.17. The summed E-state index contributed by atoms with van der Waals surface area (Å²) in [4.78, 5) is 13.4. The molecule has 0 bridgehead atoms. The van der Waals surface area contributed by atoms with E-state index in [4.69, 9.17) is 0 Å². The monoisotopic (exact) mass is 267 g/mol. The van der Waals surface area contributed by atoms with Crippen molar-refractivity contribution in [2.45, 2.75) is 26.3 Å². The Labute approximate surface area is 113 Å². The molecule has 0 saturated carbocycles. The first-order valence-corrected chi connectivity index (χ1v) is 7.42. The molecule has 0 amide bonds. The molecule has 1 atom stereocenters. The quantitative estimate of drug-likeness (QED) is 0.804. The van der Waals surface area contributed by atoms with Crippen LogP contribution in [0.3, 0.4) is 0 Å². The number of ketones is 1. The standard InChI is InChI=1S/C14H21NO2S/c1-10(7-8-18-4)15(3)12-5-6-13(11(2)16)14(17)9-12/h5-6,9-10,17H,7-8H2,1-4H3. The Hall–Kier alpha value is -1.16. The number of Topliss-reactive ketones (excluding diaryl/α,β-unsaturated/α-hetero) is 1. The van der Waals surface area contributed by atoms with E-state index in [0.29, 0.717) is 11.6 Å². The van der Waals surface area contributed by atoms with Crippen molar-refractivity contribution in [3.8, 4) is 5.75 Å². The Kier molecular flexibility index (Phi) is 5.54. The number of aromatic hydroxyl groups is 1. The SMILES string of the molecule is CSCCC(C)N(C)c1ccc(C(C)=O)c(O)c1. The van der Waals surface area contributed by atoms with Crippen LogP contribution < -0.4 is 4.90 Å². The highest BCUT2D eigenvalue weighted by Crippen LogP contribution is 2.26. The molecule has 1 aromatic carbocycles. The average molecular weight is 267 g/mol. The van der Waals surface area contributed by atoms with Crippen LogP contribution in [0.15, 0.2) is 18.2 Å². The van der Waals surface area contributed by atoms with Crippen LogP contribution in [-0.2, 0) is 0 Å². The minimum Gasteiger partial charge on any atom is -0.507 e. The third kappa shape index (κ3) is 3.67. The second-order valence-electron chi connectivity index (χ2n) is 4.50.